The molecule has 7 heteroatoms. The lowest BCUT2D eigenvalue weighted by Crippen LogP contribution is -2.27. The van der Waals surface area contributed by atoms with Gasteiger partial charge in [0.25, 0.3) is 5.91 Å². The number of para-hydroxylation sites is 2. The number of fused-ring (bicyclic) bond motifs is 1. The molecule has 2 aromatic heterocycles. The second-order valence-corrected chi connectivity index (χ2v) is 6.70. The van der Waals surface area contributed by atoms with Crippen LogP contribution in [0.25, 0.3) is 11.0 Å². The summed E-state index contributed by atoms with van der Waals surface area (Å²) in [7, 11) is 1.73. The average Bonchev–Trinajstić information content (AvgIpc) is 3.34. The van der Waals surface area contributed by atoms with Crippen LogP contribution in [0.1, 0.15) is 27.6 Å². The number of hydrogen-bond donors (Lipinski definition) is 2. The van der Waals surface area contributed by atoms with Crippen LogP contribution in [0.5, 0.6) is 5.75 Å². The first kappa shape index (κ1) is 17.8. The van der Waals surface area contributed by atoms with Gasteiger partial charge in [-0.05, 0) is 36.8 Å². The number of aryl methyl sites for hydroxylation is 1. The first-order valence-electron chi connectivity index (χ1n) is 9.02. The molecular formula is C21H21N5O2. The van der Waals surface area contributed by atoms with Gasteiger partial charge in [-0.25, -0.2) is 4.98 Å². The summed E-state index contributed by atoms with van der Waals surface area (Å²) >= 11 is 0. The number of rotatable bonds is 6. The molecule has 0 atom stereocenters. The van der Waals surface area contributed by atoms with E-state index in [1.165, 1.54) is 0 Å². The van der Waals surface area contributed by atoms with E-state index < -0.39 is 0 Å². The second-order valence-electron chi connectivity index (χ2n) is 6.70. The molecule has 0 bridgehead atoms. The molecule has 2 N–H and O–H groups in total. The van der Waals surface area contributed by atoms with E-state index in [9.17, 15) is 4.79 Å². The number of nitrogens with zero attached hydrogens (tertiary/aromatic N) is 3. The van der Waals surface area contributed by atoms with Gasteiger partial charge < -0.3 is 14.6 Å². The Morgan fingerprint density at radius 3 is 2.75 bits per heavy atom. The summed E-state index contributed by atoms with van der Waals surface area (Å²) in [5.41, 5.74) is 4.08. The molecule has 0 spiro atoms. The molecule has 0 aliphatic rings. The average molecular weight is 375 g/mol. The van der Waals surface area contributed by atoms with E-state index in [0.717, 1.165) is 33.9 Å². The first-order valence-corrected chi connectivity index (χ1v) is 9.02. The van der Waals surface area contributed by atoms with Crippen molar-refractivity contribution in [2.24, 2.45) is 0 Å². The molecule has 4 aromatic rings. The van der Waals surface area contributed by atoms with Gasteiger partial charge in [-0.2, -0.15) is 5.10 Å². The highest BCUT2D eigenvalue weighted by atomic mass is 16.5. The predicted octanol–water partition coefficient (Wildman–Crippen LogP) is 3.45. The predicted molar refractivity (Wildman–Crippen MR) is 106 cm³/mol. The molecule has 7 nitrogen and oxygen atoms in total. The first-order chi connectivity index (χ1) is 13.6. The van der Waals surface area contributed by atoms with Crippen LogP contribution in [0.3, 0.4) is 0 Å². The van der Waals surface area contributed by atoms with E-state index in [1.54, 1.807) is 18.0 Å². The van der Waals surface area contributed by atoms with Crippen molar-refractivity contribution in [3.05, 3.63) is 77.4 Å². The number of amides is 1. The van der Waals surface area contributed by atoms with Gasteiger partial charge in [0.15, 0.2) is 5.69 Å². The number of aromatic nitrogens is 4. The zero-order chi connectivity index (χ0) is 19.5. The summed E-state index contributed by atoms with van der Waals surface area (Å²) in [6, 6.07) is 17.2. The Balaban J connectivity index is 1.40. The zero-order valence-corrected chi connectivity index (χ0v) is 15.8. The Morgan fingerprint density at radius 2 is 1.96 bits per heavy atom. The topological polar surface area (TPSA) is 86.9 Å². The number of ether oxygens (including phenoxy) is 1. The van der Waals surface area contributed by atoms with E-state index in [0.29, 0.717) is 18.8 Å². The van der Waals surface area contributed by atoms with E-state index in [2.05, 4.69) is 20.2 Å². The highest BCUT2D eigenvalue weighted by Crippen LogP contribution is 2.17. The molecule has 0 aliphatic heterocycles. The molecule has 2 aromatic carbocycles. The number of imidazole rings is 1. The summed E-state index contributed by atoms with van der Waals surface area (Å²) in [4.78, 5) is 22.1. The van der Waals surface area contributed by atoms with Gasteiger partial charge in [0.05, 0.1) is 23.3 Å². The Morgan fingerprint density at radius 1 is 1.14 bits per heavy atom. The van der Waals surface area contributed by atoms with Gasteiger partial charge in [0.2, 0.25) is 0 Å². The molecule has 0 saturated heterocycles. The SMILES string of the molecule is Cc1cccc2[nH]c(CN(C)C(=O)c3cc(COc4ccccc4)[nH]n3)nc12. The summed E-state index contributed by atoms with van der Waals surface area (Å²) in [5.74, 6) is 1.32. The summed E-state index contributed by atoms with van der Waals surface area (Å²) in [6.45, 7) is 2.71. The third-order valence-corrected chi connectivity index (χ3v) is 4.48. The molecule has 2 heterocycles. The van der Waals surface area contributed by atoms with Crippen LogP contribution in [0.2, 0.25) is 0 Å². The summed E-state index contributed by atoms with van der Waals surface area (Å²) in [6.07, 6.45) is 0. The maximum absolute atomic E-state index is 12.7. The number of carbonyl (C=O) groups is 1. The van der Waals surface area contributed by atoms with E-state index in [4.69, 9.17) is 4.74 Å². The monoisotopic (exact) mass is 375 g/mol. The minimum atomic E-state index is -0.181. The maximum Gasteiger partial charge on any atom is 0.274 e. The number of aromatic amines is 2. The summed E-state index contributed by atoms with van der Waals surface area (Å²) < 4.78 is 5.67. The largest absolute Gasteiger partial charge is 0.487 e. The molecule has 0 saturated carbocycles. The lowest BCUT2D eigenvalue weighted by molar-refractivity contribution is 0.0776. The second kappa shape index (κ2) is 7.56. The molecule has 0 fully saturated rings. The third-order valence-electron chi connectivity index (χ3n) is 4.48. The van der Waals surface area contributed by atoms with Crippen molar-refractivity contribution >= 4 is 16.9 Å². The van der Waals surface area contributed by atoms with Crippen LogP contribution in [-0.2, 0) is 13.2 Å². The van der Waals surface area contributed by atoms with Gasteiger partial charge in [0, 0.05) is 7.05 Å². The van der Waals surface area contributed by atoms with Gasteiger partial charge in [0.1, 0.15) is 18.2 Å². The Bertz CT molecular complexity index is 1100. The van der Waals surface area contributed by atoms with Crippen molar-refractivity contribution in [3.63, 3.8) is 0 Å². The van der Waals surface area contributed by atoms with Gasteiger partial charge in [-0.3, -0.25) is 9.89 Å². The molecule has 0 aliphatic carbocycles. The number of nitrogens with one attached hydrogen (secondary N) is 2. The number of hydrogen-bond acceptors (Lipinski definition) is 4. The minimum Gasteiger partial charge on any atom is -0.487 e. The normalized spacial score (nSPS) is 10.9. The lowest BCUT2D eigenvalue weighted by atomic mass is 10.2. The van der Waals surface area contributed by atoms with Crippen LogP contribution in [0.4, 0.5) is 0 Å². The van der Waals surface area contributed by atoms with E-state index >= 15 is 0 Å². The fourth-order valence-electron chi connectivity index (χ4n) is 3.02. The van der Waals surface area contributed by atoms with Crippen molar-refractivity contribution in [2.45, 2.75) is 20.1 Å². The highest BCUT2D eigenvalue weighted by Gasteiger charge is 2.17. The fourth-order valence-corrected chi connectivity index (χ4v) is 3.02. The van der Waals surface area contributed by atoms with Crippen molar-refractivity contribution in [3.8, 4) is 5.75 Å². The highest BCUT2D eigenvalue weighted by molar-refractivity contribution is 5.92. The number of carbonyl (C=O) groups excluding carboxylic acids is 1. The van der Waals surface area contributed by atoms with Crippen LogP contribution in [0.15, 0.2) is 54.6 Å². The molecule has 142 valence electrons. The van der Waals surface area contributed by atoms with Crippen LogP contribution in [0, 0.1) is 6.92 Å². The molecule has 0 radical (unpaired) electrons. The number of H-pyrrole nitrogens is 2. The third kappa shape index (κ3) is 3.73. The Kier molecular flexibility index (Phi) is 4.80. The molecule has 28 heavy (non-hydrogen) atoms. The van der Waals surface area contributed by atoms with Crippen molar-refractivity contribution < 1.29 is 9.53 Å². The van der Waals surface area contributed by atoms with E-state index in [1.807, 2.05) is 55.5 Å². The lowest BCUT2D eigenvalue weighted by Gasteiger charge is -2.13. The van der Waals surface area contributed by atoms with Crippen LogP contribution in [-0.4, -0.2) is 38.0 Å². The number of benzene rings is 2. The smallest absolute Gasteiger partial charge is 0.274 e. The Labute approximate surface area is 162 Å². The van der Waals surface area contributed by atoms with Crippen molar-refractivity contribution in [1.82, 2.24) is 25.1 Å². The van der Waals surface area contributed by atoms with Gasteiger partial charge in [-0.15, -0.1) is 0 Å². The molecular weight excluding hydrogens is 354 g/mol. The van der Waals surface area contributed by atoms with E-state index in [-0.39, 0.29) is 5.91 Å². The van der Waals surface area contributed by atoms with Crippen LogP contribution < -0.4 is 4.74 Å². The minimum absolute atomic E-state index is 0.181. The van der Waals surface area contributed by atoms with Gasteiger partial charge in [-0.1, -0.05) is 30.3 Å². The molecule has 4 rings (SSSR count). The Hall–Kier alpha value is -3.61. The quantitative estimate of drug-likeness (QED) is 0.540. The summed E-state index contributed by atoms with van der Waals surface area (Å²) in [5, 5.41) is 6.98. The van der Waals surface area contributed by atoms with Gasteiger partial charge >= 0.3 is 0 Å². The maximum atomic E-state index is 12.7. The molecule has 0 unspecified atom stereocenters. The molecule has 1 amide bonds. The van der Waals surface area contributed by atoms with Crippen molar-refractivity contribution in [1.29, 1.82) is 0 Å². The zero-order valence-electron chi connectivity index (χ0n) is 15.8. The fraction of sp³-hybridized carbons (Fsp3) is 0.190. The van der Waals surface area contributed by atoms with Crippen molar-refractivity contribution in [2.75, 3.05) is 7.05 Å². The standard InChI is InChI=1S/C21H21N5O2/c1-14-7-6-10-17-20(14)23-19(22-17)12-26(2)21(27)18-11-15(24-25-18)13-28-16-8-4-3-5-9-16/h3-11H,12-13H2,1-2H3,(H,22,23)(H,24,25). The van der Waals surface area contributed by atoms with Crippen LogP contribution >= 0.6 is 0 Å².